The number of ether oxygens (including phenoxy) is 1. The van der Waals surface area contributed by atoms with Gasteiger partial charge >= 0.3 is 6.18 Å². The molecule has 2 amide bonds. The number of hydrogen-bond donors (Lipinski definition) is 1. The minimum atomic E-state index is -4.36. The first kappa shape index (κ1) is 18.9. The smallest absolute Gasteiger partial charge is 0.372 e. The Balaban J connectivity index is 2.28. The predicted octanol–water partition coefficient (Wildman–Crippen LogP) is 0.0651. The summed E-state index contributed by atoms with van der Waals surface area (Å²) < 4.78 is 41.1. The normalized spacial score (nSPS) is 11.3. The summed E-state index contributed by atoms with van der Waals surface area (Å²) in [6.45, 7) is -1.34. The molecular formula is C12H18F3N5O3. The highest BCUT2D eigenvalue weighted by Gasteiger charge is 2.27. The maximum absolute atomic E-state index is 11.8. The quantitative estimate of drug-likeness (QED) is 0.678. The molecule has 0 saturated carbocycles. The highest BCUT2D eigenvalue weighted by Crippen LogP contribution is 2.14. The van der Waals surface area contributed by atoms with E-state index in [2.05, 4.69) is 20.4 Å². The zero-order valence-corrected chi connectivity index (χ0v) is 12.8. The van der Waals surface area contributed by atoms with E-state index in [0.717, 1.165) is 0 Å². The molecule has 0 aromatic carbocycles. The molecule has 1 rings (SSSR count). The monoisotopic (exact) mass is 337 g/mol. The molecule has 1 aromatic rings. The molecule has 0 aliphatic heterocycles. The molecule has 1 aromatic heterocycles. The van der Waals surface area contributed by atoms with Crippen molar-refractivity contribution in [3.8, 4) is 0 Å². The lowest BCUT2D eigenvalue weighted by atomic mass is 10.4. The fourth-order valence-corrected chi connectivity index (χ4v) is 1.41. The predicted molar refractivity (Wildman–Crippen MR) is 72.5 cm³/mol. The summed E-state index contributed by atoms with van der Waals surface area (Å²) in [6, 6.07) is 0. The third kappa shape index (κ3) is 7.58. The third-order valence-electron chi connectivity index (χ3n) is 2.58. The van der Waals surface area contributed by atoms with Crippen LogP contribution in [0.25, 0.3) is 0 Å². The molecule has 0 fully saturated rings. The van der Waals surface area contributed by atoms with Crippen LogP contribution in [0.3, 0.4) is 0 Å². The SMILES string of the molecule is CN(C)C(=O)Cn1cc(C(=O)NCCCOCC(F)(F)F)nn1. The third-order valence-corrected chi connectivity index (χ3v) is 2.58. The second-order valence-corrected chi connectivity index (χ2v) is 4.87. The van der Waals surface area contributed by atoms with E-state index in [1.54, 1.807) is 14.1 Å². The molecule has 0 saturated heterocycles. The van der Waals surface area contributed by atoms with Crippen molar-refractivity contribution in [3.05, 3.63) is 11.9 Å². The number of aromatic nitrogens is 3. The van der Waals surface area contributed by atoms with Gasteiger partial charge in [0.05, 0.1) is 6.20 Å². The maximum atomic E-state index is 11.8. The van der Waals surface area contributed by atoms with E-state index < -0.39 is 18.7 Å². The molecule has 0 radical (unpaired) electrons. The molecule has 0 spiro atoms. The number of nitrogens with one attached hydrogen (secondary N) is 1. The fourth-order valence-electron chi connectivity index (χ4n) is 1.41. The van der Waals surface area contributed by atoms with E-state index in [9.17, 15) is 22.8 Å². The van der Waals surface area contributed by atoms with Crippen LogP contribution in [0.2, 0.25) is 0 Å². The number of likely N-dealkylation sites (N-methyl/N-ethyl adjacent to an activating group) is 1. The number of carbonyl (C=O) groups is 2. The number of halogens is 3. The Kier molecular flexibility index (Phi) is 6.94. The average molecular weight is 337 g/mol. The van der Waals surface area contributed by atoms with Gasteiger partial charge in [-0.1, -0.05) is 5.21 Å². The number of amides is 2. The van der Waals surface area contributed by atoms with Gasteiger partial charge in [0.1, 0.15) is 13.2 Å². The van der Waals surface area contributed by atoms with Gasteiger partial charge in [-0.05, 0) is 6.42 Å². The largest absolute Gasteiger partial charge is 0.411 e. The Labute approximate surface area is 130 Å². The zero-order chi connectivity index (χ0) is 17.5. The Morgan fingerprint density at radius 2 is 2.09 bits per heavy atom. The van der Waals surface area contributed by atoms with Crippen molar-refractivity contribution in [3.63, 3.8) is 0 Å². The van der Waals surface area contributed by atoms with E-state index in [0.29, 0.717) is 0 Å². The number of alkyl halides is 3. The van der Waals surface area contributed by atoms with Crippen molar-refractivity contribution in [1.82, 2.24) is 25.2 Å². The first-order chi connectivity index (χ1) is 10.7. The van der Waals surface area contributed by atoms with Crippen LogP contribution in [0.5, 0.6) is 0 Å². The van der Waals surface area contributed by atoms with Crippen LogP contribution in [0, 0.1) is 0 Å². The van der Waals surface area contributed by atoms with Gasteiger partial charge in [0.15, 0.2) is 5.69 Å². The van der Waals surface area contributed by atoms with Crippen molar-refractivity contribution in [1.29, 1.82) is 0 Å². The van der Waals surface area contributed by atoms with Gasteiger partial charge in [-0.25, -0.2) is 4.68 Å². The van der Waals surface area contributed by atoms with Gasteiger partial charge in [-0.15, -0.1) is 5.10 Å². The minimum absolute atomic E-state index is 0.0211. The molecule has 1 heterocycles. The van der Waals surface area contributed by atoms with Crippen LogP contribution in [0.15, 0.2) is 6.20 Å². The number of hydrogen-bond acceptors (Lipinski definition) is 5. The van der Waals surface area contributed by atoms with E-state index >= 15 is 0 Å². The molecule has 8 nitrogen and oxygen atoms in total. The van der Waals surface area contributed by atoms with Crippen molar-refractivity contribution < 1.29 is 27.5 Å². The van der Waals surface area contributed by atoms with Crippen LogP contribution in [0.1, 0.15) is 16.9 Å². The van der Waals surface area contributed by atoms with Crippen LogP contribution >= 0.6 is 0 Å². The first-order valence-corrected chi connectivity index (χ1v) is 6.72. The van der Waals surface area contributed by atoms with E-state index in [4.69, 9.17) is 0 Å². The van der Waals surface area contributed by atoms with Gasteiger partial charge in [0.2, 0.25) is 5.91 Å². The van der Waals surface area contributed by atoms with Gasteiger partial charge < -0.3 is 15.0 Å². The summed E-state index contributed by atoms with van der Waals surface area (Å²) in [4.78, 5) is 24.6. The first-order valence-electron chi connectivity index (χ1n) is 6.72. The molecule has 0 bridgehead atoms. The summed E-state index contributed by atoms with van der Waals surface area (Å²) in [7, 11) is 3.18. The minimum Gasteiger partial charge on any atom is -0.372 e. The van der Waals surface area contributed by atoms with Crippen LogP contribution in [-0.2, 0) is 16.1 Å². The maximum Gasteiger partial charge on any atom is 0.411 e. The number of nitrogens with zero attached hydrogens (tertiary/aromatic N) is 4. The second kappa shape index (κ2) is 8.46. The molecule has 0 atom stereocenters. The highest BCUT2D eigenvalue weighted by molar-refractivity contribution is 5.91. The van der Waals surface area contributed by atoms with Crippen LogP contribution in [0.4, 0.5) is 13.2 Å². The van der Waals surface area contributed by atoms with E-state index in [-0.39, 0.29) is 37.7 Å². The Morgan fingerprint density at radius 3 is 2.70 bits per heavy atom. The van der Waals surface area contributed by atoms with E-state index in [1.165, 1.54) is 15.8 Å². The van der Waals surface area contributed by atoms with Gasteiger partial charge in [-0.2, -0.15) is 13.2 Å². The molecule has 23 heavy (non-hydrogen) atoms. The van der Waals surface area contributed by atoms with Crippen molar-refractivity contribution >= 4 is 11.8 Å². The van der Waals surface area contributed by atoms with Crippen molar-refractivity contribution in [2.75, 3.05) is 33.9 Å². The van der Waals surface area contributed by atoms with Crippen molar-refractivity contribution in [2.45, 2.75) is 19.1 Å². The summed E-state index contributed by atoms with van der Waals surface area (Å²) in [6.07, 6.45) is -2.81. The lowest BCUT2D eigenvalue weighted by Gasteiger charge is -2.08. The Bertz CT molecular complexity index is 530. The van der Waals surface area contributed by atoms with Crippen molar-refractivity contribution in [2.24, 2.45) is 0 Å². The molecule has 0 unspecified atom stereocenters. The summed E-state index contributed by atoms with van der Waals surface area (Å²) in [5.41, 5.74) is 0.0211. The molecule has 1 N–H and O–H groups in total. The number of rotatable bonds is 8. The fraction of sp³-hybridized carbons (Fsp3) is 0.667. The molecule has 0 aliphatic carbocycles. The zero-order valence-electron chi connectivity index (χ0n) is 12.8. The average Bonchev–Trinajstić information content (AvgIpc) is 2.89. The lowest BCUT2D eigenvalue weighted by Crippen LogP contribution is -2.27. The summed E-state index contributed by atoms with van der Waals surface area (Å²) >= 11 is 0. The molecule has 130 valence electrons. The number of carbonyl (C=O) groups excluding carboxylic acids is 2. The van der Waals surface area contributed by atoms with Gasteiger partial charge in [-0.3, -0.25) is 9.59 Å². The summed E-state index contributed by atoms with van der Waals surface area (Å²) in [5.74, 6) is -0.729. The van der Waals surface area contributed by atoms with Crippen LogP contribution in [-0.4, -0.2) is 71.7 Å². The topological polar surface area (TPSA) is 89.4 Å². The Morgan fingerprint density at radius 1 is 1.39 bits per heavy atom. The van der Waals surface area contributed by atoms with Gasteiger partial charge in [0, 0.05) is 27.2 Å². The van der Waals surface area contributed by atoms with Crippen LogP contribution < -0.4 is 5.32 Å². The van der Waals surface area contributed by atoms with Gasteiger partial charge in [0.25, 0.3) is 5.91 Å². The second-order valence-electron chi connectivity index (χ2n) is 4.87. The standard InChI is InChI=1S/C12H18F3N5O3/c1-19(2)10(21)7-20-6-9(17-18-20)11(22)16-4-3-5-23-8-12(13,14)15/h6H,3-5,7-8H2,1-2H3,(H,16,22). The van der Waals surface area contributed by atoms with E-state index in [1.807, 2.05) is 0 Å². The Hall–Kier alpha value is -2.17. The molecule has 0 aliphatic rings. The molecule has 11 heteroatoms. The summed E-state index contributed by atoms with van der Waals surface area (Å²) in [5, 5.41) is 9.75. The molecular weight excluding hydrogens is 319 g/mol. The lowest BCUT2D eigenvalue weighted by molar-refractivity contribution is -0.173. The highest BCUT2D eigenvalue weighted by atomic mass is 19.4.